The normalized spacial score (nSPS) is 21.4. The van der Waals surface area contributed by atoms with Crippen LogP contribution >= 0.6 is 0 Å². The second-order valence-electron chi connectivity index (χ2n) is 7.57. The number of pyridine rings is 1. The minimum atomic E-state index is -2.88. The lowest BCUT2D eigenvalue weighted by Gasteiger charge is -2.36. The zero-order chi connectivity index (χ0) is 20.9. The van der Waals surface area contributed by atoms with Gasteiger partial charge in [-0.25, -0.2) is 13.6 Å². The number of rotatable bonds is 8. The number of dihydropyridines is 1. The first-order valence-corrected chi connectivity index (χ1v) is 8.87. The van der Waals surface area contributed by atoms with E-state index in [4.69, 9.17) is 10.5 Å². The van der Waals surface area contributed by atoms with E-state index in [1.165, 1.54) is 30.7 Å². The first-order chi connectivity index (χ1) is 13.0. The summed E-state index contributed by atoms with van der Waals surface area (Å²) in [4.78, 5) is 15.2. The van der Waals surface area contributed by atoms with E-state index in [1.54, 1.807) is 6.92 Å². The molecule has 28 heavy (non-hydrogen) atoms. The SMILES string of the molecule is CC(C)CC(C)(N)COC1=CNC(NC(=O)O)(c2ccncc2)C=C1C(F)F. The minimum absolute atomic E-state index is 0.0391. The van der Waals surface area contributed by atoms with Crippen molar-refractivity contribution in [2.75, 3.05) is 6.61 Å². The molecule has 0 aliphatic carbocycles. The van der Waals surface area contributed by atoms with E-state index >= 15 is 0 Å². The number of carboxylic acid groups (broad SMARTS) is 1. The Morgan fingerprint density at radius 3 is 2.61 bits per heavy atom. The van der Waals surface area contributed by atoms with Crippen LogP contribution in [0.3, 0.4) is 0 Å². The van der Waals surface area contributed by atoms with Gasteiger partial charge in [0.15, 0.2) is 5.66 Å². The highest BCUT2D eigenvalue weighted by Crippen LogP contribution is 2.32. The molecule has 2 atom stereocenters. The van der Waals surface area contributed by atoms with Gasteiger partial charge in [-0.3, -0.25) is 10.3 Å². The number of halogens is 2. The molecule has 0 spiro atoms. The first kappa shape index (κ1) is 21.6. The third-order valence-electron chi connectivity index (χ3n) is 4.19. The lowest BCUT2D eigenvalue weighted by molar-refractivity contribution is 0.116. The number of amides is 1. The van der Waals surface area contributed by atoms with Crippen molar-refractivity contribution in [1.29, 1.82) is 0 Å². The molecule has 1 aromatic rings. The van der Waals surface area contributed by atoms with Gasteiger partial charge in [-0.1, -0.05) is 13.8 Å². The fourth-order valence-electron chi connectivity index (χ4n) is 3.23. The van der Waals surface area contributed by atoms with E-state index in [1.807, 2.05) is 13.8 Å². The number of hydrogen-bond acceptors (Lipinski definition) is 5. The highest BCUT2D eigenvalue weighted by molar-refractivity contribution is 5.67. The number of ether oxygens (including phenoxy) is 1. The van der Waals surface area contributed by atoms with Gasteiger partial charge in [-0.15, -0.1) is 0 Å². The highest BCUT2D eigenvalue weighted by Gasteiger charge is 2.38. The van der Waals surface area contributed by atoms with E-state index in [0.29, 0.717) is 17.9 Å². The smallest absolute Gasteiger partial charge is 0.407 e. The predicted molar refractivity (Wildman–Crippen MR) is 100 cm³/mol. The van der Waals surface area contributed by atoms with Gasteiger partial charge in [0.25, 0.3) is 6.43 Å². The van der Waals surface area contributed by atoms with Crippen LogP contribution < -0.4 is 16.4 Å². The molecule has 0 aromatic carbocycles. The summed E-state index contributed by atoms with van der Waals surface area (Å²) in [6.45, 7) is 5.86. The minimum Gasteiger partial charge on any atom is -0.490 e. The molecule has 0 fully saturated rings. The number of aromatic nitrogens is 1. The predicted octanol–water partition coefficient (Wildman–Crippen LogP) is 2.92. The van der Waals surface area contributed by atoms with Crippen molar-refractivity contribution in [3.63, 3.8) is 0 Å². The average molecular weight is 396 g/mol. The van der Waals surface area contributed by atoms with Crippen molar-refractivity contribution in [2.24, 2.45) is 11.7 Å². The summed E-state index contributed by atoms with van der Waals surface area (Å²) >= 11 is 0. The fourth-order valence-corrected chi connectivity index (χ4v) is 3.23. The van der Waals surface area contributed by atoms with Gasteiger partial charge in [0.1, 0.15) is 12.4 Å². The maximum absolute atomic E-state index is 13.8. The standard InChI is InChI=1S/C19H26F2N4O3/c1-12(2)8-18(3,22)11-28-15-10-24-19(25-17(26)27,9-14(15)16(20)21)13-4-6-23-7-5-13/h4-7,9-10,12,16,24-25H,8,11,22H2,1-3H3,(H,26,27). The van der Waals surface area contributed by atoms with E-state index in [2.05, 4.69) is 15.6 Å². The van der Waals surface area contributed by atoms with Gasteiger partial charge >= 0.3 is 6.09 Å². The largest absolute Gasteiger partial charge is 0.490 e. The van der Waals surface area contributed by atoms with Crippen LogP contribution in [0.5, 0.6) is 0 Å². The summed E-state index contributed by atoms with van der Waals surface area (Å²) in [6, 6.07) is 3.06. The molecule has 1 amide bonds. The molecule has 2 unspecified atom stereocenters. The Morgan fingerprint density at radius 2 is 2.07 bits per heavy atom. The molecule has 0 radical (unpaired) electrons. The number of nitrogens with zero attached hydrogens (tertiary/aromatic N) is 1. The maximum Gasteiger partial charge on any atom is 0.407 e. The molecular formula is C19H26F2N4O3. The van der Waals surface area contributed by atoms with Crippen molar-refractivity contribution >= 4 is 6.09 Å². The third kappa shape index (κ3) is 5.41. The number of nitrogens with one attached hydrogen (secondary N) is 2. The van der Waals surface area contributed by atoms with Crippen molar-refractivity contribution in [3.8, 4) is 0 Å². The molecule has 1 aliphatic heterocycles. The number of nitrogens with two attached hydrogens (primary N) is 1. The molecule has 0 saturated heterocycles. The Bertz CT molecular complexity index is 751. The van der Waals surface area contributed by atoms with Crippen LogP contribution in [0.1, 0.15) is 32.8 Å². The Hall–Kier alpha value is -2.68. The van der Waals surface area contributed by atoms with Crippen LogP contribution in [-0.4, -0.2) is 34.8 Å². The lowest BCUT2D eigenvalue weighted by Crippen LogP contribution is -2.54. The fraction of sp³-hybridized carbons (Fsp3) is 0.474. The first-order valence-electron chi connectivity index (χ1n) is 8.87. The molecule has 5 N–H and O–H groups in total. The van der Waals surface area contributed by atoms with Crippen LogP contribution in [-0.2, 0) is 10.4 Å². The number of alkyl halides is 2. The molecule has 1 aromatic heterocycles. The Kier molecular flexibility index (Phi) is 6.60. The molecule has 2 heterocycles. The van der Waals surface area contributed by atoms with Crippen LogP contribution in [0.4, 0.5) is 13.6 Å². The van der Waals surface area contributed by atoms with Crippen molar-refractivity contribution in [2.45, 2.75) is 44.8 Å². The monoisotopic (exact) mass is 396 g/mol. The van der Waals surface area contributed by atoms with Gasteiger partial charge in [0, 0.05) is 29.7 Å². The van der Waals surface area contributed by atoms with E-state index in [0.717, 1.165) is 6.08 Å². The number of hydrogen-bond donors (Lipinski definition) is 4. The number of allylic oxidation sites excluding steroid dienone is 1. The molecule has 9 heteroatoms. The van der Waals surface area contributed by atoms with Gasteiger partial charge in [0.05, 0.1) is 5.57 Å². The summed E-state index contributed by atoms with van der Waals surface area (Å²) in [5.74, 6) is 0.244. The Balaban J connectivity index is 2.32. The van der Waals surface area contributed by atoms with Crippen molar-refractivity contribution in [3.05, 3.63) is 53.7 Å². The molecule has 2 rings (SSSR count). The third-order valence-corrected chi connectivity index (χ3v) is 4.19. The Labute approximate surface area is 162 Å². The van der Waals surface area contributed by atoms with Gasteiger partial charge in [0.2, 0.25) is 0 Å². The van der Waals surface area contributed by atoms with Crippen molar-refractivity contribution in [1.82, 2.24) is 15.6 Å². The second kappa shape index (κ2) is 8.55. The van der Waals surface area contributed by atoms with Crippen LogP contribution in [0.2, 0.25) is 0 Å². The topological polar surface area (TPSA) is 110 Å². The van der Waals surface area contributed by atoms with Crippen molar-refractivity contribution < 1.29 is 23.4 Å². The van der Waals surface area contributed by atoms with Gasteiger partial charge < -0.3 is 20.9 Å². The molecule has 154 valence electrons. The van der Waals surface area contributed by atoms with Gasteiger partial charge in [-0.05, 0) is 37.5 Å². The van der Waals surface area contributed by atoms with E-state index in [-0.39, 0.29) is 12.4 Å². The summed E-state index contributed by atoms with van der Waals surface area (Å²) in [6.07, 6.45) is 1.65. The summed E-state index contributed by atoms with van der Waals surface area (Å²) < 4.78 is 33.1. The Morgan fingerprint density at radius 1 is 1.43 bits per heavy atom. The zero-order valence-electron chi connectivity index (χ0n) is 16.1. The lowest BCUT2D eigenvalue weighted by atomic mass is 9.92. The highest BCUT2D eigenvalue weighted by atomic mass is 19.3. The molecule has 1 aliphatic rings. The summed E-state index contributed by atoms with van der Waals surface area (Å²) in [5, 5.41) is 14.3. The molecular weight excluding hydrogens is 370 g/mol. The molecule has 0 bridgehead atoms. The van der Waals surface area contributed by atoms with E-state index < -0.39 is 29.3 Å². The van der Waals surface area contributed by atoms with Crippen LogP contribution in [0.15, 0.2) is 48.1 Å². The van der Waals surface area contributed by atoms with E-state index in [9.17, 15) is 18.7 Å². The van der Waals surface area contributed by atoms with Crippen LogP contribution in [0.25, 0.3) is 0 Å². The number of carbonyl (C=O) groups is 1. The second-order valence-corrected chi connectivity index (χ2v) is 7.57. The van der Waals surface area contributed by atoms with Crippen LogP contribution in [0, 0.1) is 5.92 Å². The maximum atomic E-state index is 13.8. The molecule has 0 saturated carbocycles. The summed E-state index contributed by atoms with van der Waals surface area (Å²) in [7, 11) is 0. The van der Waals surface area contributed by atoms with Gasteiger partial charge in [-0.2, -0.15) is 0 Å². The average Bonchev–Trinajstić information content (AvgIpc) is 2.59. The zero-order valence-corrected chi connectivity index (χ0v) is 16.1. The molecule has 7 nitrogen and oxygen atoms in total. The quantitative estimate of drug-likeness (QED) is 0.538. The summed E-state index contributed by atoms with van der Waals surface area (Å²) in [5.41, 5.74) is 3.90.